The average Bonchev–Trinajstić information content (AvgIpc) is 3.11. The van der Waals surface area contributed by atoms with E-state index in [2.05, 4.69) is 32.5 Å². The topological polar surface area (TPSA) is 55.6 Å². The zero-order valence-corrected chi connectivity index (χ0v) is 16.3. The van der Waals surface area contributed by atoms with Crippen LogP contribution < -0.4 is 5.32 Å². The van der Waals surface area contributed by atoms with Crippen LogP contribution >= 0.6 is 23.4 Å². The molecule has 0 aliphatic rings. The first-order chi connectivity index (χ1) is 13.2. The third-order valence-corrected chi connectivity index (χ3v) is 5.01. The summed E-state index contributed by atoms with van der Waals surface area (Å²) in [7, 11) is 0. The van der Waals surface area contributed by atoms with E-state index < -0.39 is 0 Å². The van der Waals surface area contributed by atoms with Gasteiger partial charge in [-0.25, -0.2) is 14.6 Å². The van der Waals surface area contributed by atoms with Gasteiger partial charge in [0.15, 0.2) is 10.8 Å². The predicted molar refractivity (Wildman–Crippen MR) is 111 cm³/mol. The Morgan fingerprint density at radius 3 is 2.52 bits per heavy atom. The highest BCUT2D eigenvalue weighted by Crippen LogP contribution is 2.24. The van der Waals surface area contributed by atoms with E-state index in [-0.39, 0.29) is 0 Å². The molecule has 0 atom stereocenters. The molecule has 4 aromatic rings. The average molecular weight is 396 g/mol. The van der Waals surface area contributed by atoms with Crippen LogP contribution in [0.15, 0.2) is 66.0 Å². The molecule has 0 unspecified atom stereocenters. The van der Waals surface area contributed by atoms with Crippen molar-refractivity contribution >= 4 is 40.2 Å². The van der Waals surface area contributed by atoms with Crippen LogP contribution in [-0.4, -0.2) is 26.0 Å². The quantitative estimate of drug-likeness (QED) is 0.373. The second-order valence-corrected chi connectivity index (χ2v) is 7.27. The van der Waals surface area contributed by atoms with Crippen LogP contribution in [0.25, 0.3) is 11.0 Å². The van der Waals surface area contributed by atoms with Gasteiger partial charge in [0.1, 0.15) is 5.82 Å². The van der Waals surface area contributed by atoms with Crippen LogP contribution in [0.2, 0.25) is 5.02 Å². The largest absolute Gasteiger partial charge is 0.365 e. The molecule has 136 valence electrons. The van der Waals surface area contributed by atoms with E-state index in [1.54, 1.807) is 0 Å². The summed E-state index contributed by atoms with van der Waals surface area (Å²) in [4.78, 5) is 9.31. The van der Waals surface area contributed by atoms with Gasteiger partial charge in [-0.05, 0) is 29.5 Å². The molecule has 5 nitrogen and oxygen atoms in total. The lowest BCUT2D eigenvalue weighted by atomic mass is 10.2. The molecule has 2 aromatic heterocycles. The molecule has 0 amide bonds. The number of nitrogens with one attached hydrogen (secondary N) is 1. The Hall–Kier alpha value is -2.57. The summed E-state index contributed by atoms with van der Waals surface area (Å²) in [6.45, 7) is 1.33. The molecule has 7 heteroatoms. The Morgan fingerprint density at radius 2 is 1.78 bits per heavy atom. The number of anilines is 1. The fourth-order valence-corrected chi connectivity index (χ4v) is 3.31. The monoisotopic (exact) mass is 395 g/mol. The molecular weight excluding hydrogens is 378 g/mol. The SMILES string of the molecule is CSc1nc(NCc2ccc(Cl)cc2)c2cnn(Cc3ccccc3)c2n1. The fourth-order valence-electron chi connectivity index (χ4n) is 2.82. The predicted octanol–water partition coefficient (Wildman–Crippen LogP) is 4.86. The number of nitrogens with zero attached hydrogens (tertiary/aromatic N) is 4. The number of fused-ring (bicyclic) bond motifs is 1. The van der Waals surface area contributed by atoms with Gasteiger partial charge in [0.05, 0.1) is 18.1 Å². The van der Waals surface area contributed by atoms with Crippen molar-refractivity contribution in [1.82, 2.24) is 19.7 Å². The first-order valence-electron chi connectivity index (χ1n) is 8.53. The summed E-state index contributed by atoms with van der Waals surface area (Å²) in [5.74, 6) is 0.790. The number of rotatable bonds is 6. The summed E-state index contributed by atoms with van der Waals surface area (Å²) in [5, 5.41) is 10.3. The van der Waals surface area contributed by atoms with Crippen molar-refractivity contribution in [3.8, 4) is 0 Å². The van der Waals surface area contributed by atoms with Gasteiger partial charge >= 0.3 is 0 Å². The molecule has 0 bridgehead atoms. The maximum atomic E-state index is 5.96. The Bertz CT molecular complexity index is 1050. The third-order valence-electron chi connectivity index (χ3n) is 4.21. The van der Waals surface area contributed by atoms with Crippen molar-refractivity contribution in [2.75, 3.05) is 11.6 Å². The number of benzene rings is 2. The van der Waals surface area contributed by atoms with E-state index in [0.29, 0.717) is 13.1 Å². The molecule has 0 aliphatic heterocycles. The smallest absolute Gasteiger partial charge is 0.191 e. The van der Waals surface area contributed by atoms with Gasteiger partial charge in [0.2, 0.25) is 0 Å². The molecule has 0 fully saturated rings. The highest BCUT2D eigenvalue weighted by atomic mass is 35.5. The lowest BCUT2D eigenvalue weighted by molar-refractivity contribution is 0.699. The Labute approximate surface area is 166 Å². The summed E-state index contributed by atoms with van der Waals surface area (Å²) in [5.41, 5.74) is 3.15. The minimum absolute atomic E-state index is 0.654. The van der Waals surface area contributed by atoms with Crippen LogP contribution in [0.4, 0.5) is 5.82 Å². The first-order valence-corrected chi connectivity index (χ1v) is 10.1. The van der Waals surface area contributed by atoms with E-state index in [0.717, 1.165) is 32.6 Å². The van der Waals surface area contributed by atoms with Gasteiger partial charge < -0.3 is 5.32 Å². The van der Waals surface area contributed by atoms with Crippen LogP contribution in [0, 0.1) is 0 Å². The zero-order chi connectivity index (χ0) is 18.6. The summed E-state index contributed by atoms with van der Waals surface area (Å²) >= 11 is 7.48. The molecule has 2 aromatic carbocycles. The number of hydrogen-bond acceptors (Lipinski definition) is 5. The van der Waals surface area contributed by atoms with Crippen LogP contribution in [-0.2, 0) is 13.1 Å². The molecule has 1 N–H and O–H groups in total. The minimum Gasteiger partial charge on any atom is -0.365 e. The number of thioether (sulfide) groups is 1. The standard InChI is InChI=1S/C20H18ClN5S/c1-27-20-24-18(22-11-14-7-9-16(21)10-8-14)17-12-23-26(19(17)25-20)13-15-5-3-2-4-6-15/h2-10,12H,11,13H2,1H3,(H,22,24,25). The van der Waals surface area contributed by atoms with Crippen molar-refractivity contribution in [1.29, 1.82) is 0 Å². The zero-order valence-electron chi connectivity index (χ0n) is 14.8. The van der Waals surface area contributed by atoms with Gasteiger partial charge in [0, 0.05) is 11.6 Å². The minimum atomic E-state index is 0.654. The number of hydrogen-bond donors (Lipinski definition) is 1. The molecule has 0 aliphatic carbocycles. The van der Waals surface area contributed by atoms with Crippen molar-refractivity contribution in [2.24, 2.45) is 0 Å². The van der Waals surface area contributed by atoms with Crippen LogP contribution in [0.1, 0.15) is 11.1 Å². The van der Waals surface area contributed by atoms with Gasteiger partial charge in [-0.2, -0.15) is 5.10 Å². The fraction of sp³-hybridized carbons (Fsp3) is 0.150. The Kier molecular flexibility index (Phi) is 5.27. The molecule has 0 saturated heterocycles. The molecule has 0 saturated carbocycles. The molecule has 0 radical (unpaired) electrons. The van der Waals surface area contributed by atoms with Gasteiger partial charge in [0.25, 0.3) is 0 Å². The lowest BCUT2D eigenvalue weighted by Crippen LogP contribution is -2.06. The maximum Gasteiger partial charge on any atom is 0.191 e. The lowest BCUT2D eigenvalue weighted by Gasteiger charge is -2.09. The summed E-state index contributed by atoms with van der Waals surface area (Å²) < 4.78 is 1.92. The van der Waals surface area contributed by atoms with E-state index in [4.69, 9.17) is 11.6 Å². The molecule has 27 heavy (non-hydrogen) atoms. The van der Waals surface area contributed by atoms with E-state index >= 15 is 0 Å². The van der Waals surface area contributed by atoms with Crippen molar-refractivity contribution in [3.05, 3.63) is 76.9 Å². The van der Waals surface area contributed by atoms with E-state index in [9.17, 15) is 0 Å². The Morgan fingerprint density at radius 1 is 1.00 bits per heavy atom. The van der Waals surface area contributed by atoms with E-state index in [1.807, 2.05) is 59.6 Å². The normalized spacial score (nSPS) is 11.0. The Balaban J connectivity index is 1.65. The van der Waals surface area contributed by atoms with Crippen LogP contribution in [0.5, 0.6) is 0 Å². The van der Waals surface area contributed by atoms with E-state index in [1.165, 1.54) is 17.3 Å². The van der Waals surface area contributed by atoms with Gasteiger partial charge in [-0.1, -0.05) is 65.8 Å². The highest BCUT2D eigenvalue weighted by molar-refractivity contribution is 7.98. The second kappa shape index (κ2) is 7.98. The maximum absolute atomic E-state index is 5.96. The molecule has 2 heterocycles. The van der Waals surface area contributed by atoms with Crippen LogP contribution in [0.3, 0.4) is 0 Å². The molecular formula is C20H18ClN5S. The van der Waals surface area contributed by atoms with Gasteiger partial charge in [-0.15, -0.1) is 0 Å². The summed E-state index contributed by atoms with van der Waals surface area (Å²) in [6.07, 6.45) is 3.80. The molecule has 0 spiro atoms. The van der Waals surface area contributed by atoms with Crippen molar-refractivity contribution in [2.45, 2.75) is 18.2 Å². The summed E-state index contributed by atoms with van der Waals surface area (Å²) in [6, 6.07) is 18.0. The highest BCUT2D eigenvalue weighted by Gasteiger charge is 2.13. The first kappa shape index (κ1) is 17.8. The third kappa shape index (κ3) is 4.07. The van der Waals surface area contributed by atoms with Crippen molar-refractivity contribution in [3.63, 3.8) is 0 Å². The van der Waals surface area contributed by atoms with Crippen molar-refractivity contribution < 1.29 is 0 Å². The number of aromatic nitrogens is 4. The van der Waals surface area contributed by atoms with Gasteiger partial charge in [-0.3, -0.25) is 0 Å². The second-order valence-electron chi connectivity index (χ2n) is 6.06. The molecule has 4 rings (SSSR count). The number of halogens is 1.